The SMILES string of the molecule is CC/C=C\C/C=C\C/C=C\C/C=C\C/C=C\C/C=C\C/C=C\CCCCCCCCCCCCCC(=O)OCC(COC(=O)CCCCCCCCC)OC(=O)CCCCCCCCCCCCCCCCCCCC. The lowest BCUT2D eigenvalue weighted by Crippen LogP contribution is -2.30. The third-order valence-corrected chi connectivity index (χ3v) is 14.2. The maximum Gasteiger partial charge on any atom is 0.306 e. The summed E-state index contributed by atoms with van der Waals surface area (Å²) in [5.74, 6) is -0.867. The van der Waals surface area contributed by atoms with Crippen LogP contribution in [0.2, 0.25) is 0 Å². The Labute approximate surface area is 471 Å². The maximum absolute atomic E-state index is 12.8. The molecule has 1 atom stereocenters. The van der Waals surface area contributed by atoms with Crippen LogP contribution in [0.4, 0.5) is 0 Å². The lowest BCUT2D eigenvalue weighted by molar-refractivity contribution is -0.167. The number of carbonyl (C=O) groups is 3. The zero-order chi connectivity index (χ0) is 55.0. The molecule has 6 heteroatoms. The molecule has 0 amide bonds. The van der Waals surface area contributed by atoms with Crippen LogP contribution < -0.4 is 0 Å². The van der Waals surface area contributed by atoms with Crippen molar-refractivity contribution in [3.63, 3.8) is 0 Å². The van der Waals surface area contributed by atoms with Gasteiger partial charge < -0.3 is 14.2 Å². The Hall–Kier alpha value is -3.41. The number of ether oxygens (including phenoxy) is 3. The van der Waals surface area contributed by atoms with Crippen molar-refractivity contribution in [3.05, 3.63) is 85.1 Å². The first-order valence-corrected chi connectivity index (χ1v) is 32.6. The van der Waals surface area contributed by atoms with Crippen molar-refractivity contribution in [3.8, 4) is 0 Å². The maximum atomic E-state index is 12.8. The summed E-state index contributed by atoms with van der Waals surface area (Å²) < 4.78 is 16.8. The number of hydrogen-bond acceptors (Lipinski definition) is 6. The van der Waals surface area contributed by atoms with E-state index in [0.717, 1.165) is 103 Å². The van der Waals surface area contributed by atoms with Gasteiger partial charge in [-0.1, -0.05) is 311 Å². The Balaban J connectivity index is 4.08. The normalized spacial score (nSPS) is 12.6. The minimum atomic E-state index is -0.772. The summed E-state index contributed by atoms with van der Waals surface area (Å²) in [5.41, 5.74) is 0. The van der Waals surface area contributed by atoms with Crippen molar-refractivity contribution >= 4 is 17.9 Å². The van der Waals surface area contributed by atoms with Crippen LogP contribution in [-0.4, -0.2) is 37.2 Å². The zero-order valence-electron chi connectivity index (χ0n) is 50.3. The Morgan fingerprint density at radius 1 is 0.276 bits per heavy atom. The predicted molar refractivity (Wildman–Crippen MR) is 330 cm³/mol. The first kappa shape index (κ1) is 72.6. The molecule has 0 spiro atoms. The Morgan fingerprint density at radius 2 is 0.513 bits per heavy atom. The molecule has 0 bridgehead atoms. The number of allylic oxidation sites excluding steroid dienone is 14. The van der Waals surface area contributed by atoms with Crippen LogP contribution in [0.25, 0.3) is 0 Å². The Bertz CT molecular complexity index is 1450. The zero-order valence-corrected chi connectivity index (χ0v) is 50.3. The molecule has 0 heterocycles. The van der Waals surface area contributed by atoms with Gasteiger partial charge in [0.15, 0.2) is 6.10 Å². The smallest absolute Gasteiger partial charge is 0.306 e. The number of esters is 3. The lowest BCUT2D eigenvalue weighted by atomic mass is 10.0. The molecule has 76 heavy (non-hydrogen) atoms. The van der Waals surface area contributed by atoms with Gasteiger partial charge in [-0.05, 0) is 77.0 Å². The fourth-order valence-corrected chi connectivity index (χ4v) is 9.31. The summed E-state index contributed by atoms with van der Waals surface area (Å²) in [4.78, 5) is 38.1. The van der Waals surface area contributed by atoms with Crippen molar-refractivity contribution in [1.29, 1.82) is 0 Å². The van der Waals surface area contributed by atoms with Gasteiger partial charge in [-0.3, -0.25) is 14.4 Å². The molecule has 0 aromatic rings. The second kappa shape index (κ2) is 64.1. The first-order chi connectivity index (χ1) is 37.5. The fourth-order valence-electron chi connectivity index (χ4n) is 9.31. The fraction of sp³-hybridized carbons (Fsp3) is 0.757. The van der Waals surface area contributed by atoms with Crippen LogP contribution in [-0.2, 0) is 28.6 Å². The summed E-state index contributed by atoms with van der Waals surface area (Å²) >= 11 is 0. The Kier molecular flexibility index (Phi) is 61.2. The van der Waals surface area contributed by atoms with Gasteiger partial charge in [0.25, 0.3) is 0 Å². The molecule has 6 nitrogen and oxygen atoms in total. The van der Waals surface area contributed by atoms with Crippen LogP contribution in [0.1, 0.15) is 323 Å². The molecule has 0 aliphatic rings. The molecule has 0 saturated carbocycles. The van der Waals surface area contributed by atoms with Crippen molar-refractivity contribution in [2.75, 3.05) is 13.2 Å². The average molecular weight is 1060 g/mol. The molecular formula is C70H122O6. The van der Waals surface area contributed by atoms with Crippen molar-refractivity contribution in [2.24, 2.45) is 0 Å². The summed E-state index contributed by atoms with van der Waals surface area (Å²) in [6, 6.07) is 0. The van der Waals surface area contributed by atoms with Gasteiger partial charge in [-0.15, -0.1) is 0 Å². The highest BCUT2D eigenvalue weighted by Crippen LogP contribution is 2.17. The van der Waals surface area contributed by atoms with Crippen LogP contribution in [0.3, 0.4) is 0 Å². The van der Waals surface area contributed by atoms with Crippen molar-refractivity contribution in [2.45, 2.75) is 329 Å². The van der Waals surface area contributed by atoms with E-state index >= 15 is 0 Å². The molecule has 438 valence electrons. The highest BCUT2D eigenvalue weighted by Gasteiger charge is 2.19. The molecule has 0 N–H and O–H groups in total. The molecule has 0 saturated heterocycles. The predicted octanol–water partition coefficient (Wildman–Crippen LogP) is 22.3. The van der Waals surface area contributed by atoms with Gasteiger partial charge in [0.2, 0.25) is 0 Å². The Morgan fingerprint density at radius 3 is 0.803 bits per heavy atom. The van der Waals surface area contributed by atoms with E-state index in [0.29, 0.717) is 19.3 Å². The standard InChI is InChI=1S/C70H122O6/c1-4-7-10-13-16-18-20-22-24-26-28-29-30-31-32-33-34-35-36-37-38-39-40-41-42-44-45-47-49-51-54-57-60-63-69(72)75-66-67(65-74-68(71)62-59-56-53-15-12-9-6-3)76-70(73)64-61-58-55-52-50-48-46-43-27-25-23-21-19-17-14-11-8-5-2/h7,10,16,18,22,24,28-29,31-32,34-35,37-38,67H,4-6,8-9,11-15,17,19-21,23,25-27,30,33,36,39-66H2,1-3H3/b10-7-,18-16-,24-22-,29-28-,32-31-,35-34-,38-37-. The molecule has 0 fully saturated rings. The van der Waals surface area contributed by atoms with Crippen LogP contribution in [0.5, 0.6) is 0 Å². The summed E-state index contributed by atoms with van der Waals surface area (Å²) in [6.45, 7) is 6.52. The molecule has 0 aromatic heterocycles. The minimum absolute atomic E-state index is 0.0723. The molecule has 0 rings (SSSR count). The van der Waals surface area contributed by atoms with Gasteiger partial charge in [0.05, 0.1) is 0 Å². The number of rotatable bonds is 59. The number of hydrogen-bond donors (Lipinski definition) is 0. The second-order valence-electron chi connectivity index (χ2n) is 21.7. The largest absolute Gasteiger partial charge is 0.462 e. The summed E-state index contributed by atoms with van der Waals surface area (Å²) in [6.07, 6.45) is 84.8. The number of carbonyl (C=O) groups excluding carboxylic acids is 3. The molecular weight excluding hydrogens is 937 g/mol. The quantitative estimate of drug-likeness (QED) is 0.0261. The van der Waals surface area contributed by atoms with E-state index in [-0.39, 0.29) is 31.1 Å². The van der Waals surface area contributed by atoms with Gasteiger partial charge in [0.1, 0.15) is 13.2 Å². The second-order valence-corrected chi connectivity index (χ2v) is 21.7. The van der Waals surface area contributed by atoms with E-state index in [1.807, 2.05) is 0 Å². The van der Waals surface area contributed by atoms with E-state index in [1.165, 1.54) is 180 Å². The average Bonchev–Trinajstić information content (AvgIpc) is 3.42. The highest BCUT2D eigenvalue weighted by atomic mass is 16.6. The van der Waals surface area contributed by atoms with E-state index in [9.17, 15) is 14.4 Å². The molecule has 0 aliphatic carbocycles. The topological polar surface area (TPSA) is 78.9 Å². The van der Waals surface area contributed by atoms with Crippen LogP contribution in [0.15, 0.2) is 85.1 Å². The lowest BCUT2D eigenvalue weighted by Gasteiger charge is -2.18. The molecule has 0 aliphatic heterocycles. The monoisotopic (exact) mass is 1060 g/mol. The van der Waals surface area contributed by atoms with Gasteiger partial charge >= 0.3 is 17.9 Å². The third kappa shape index (κ3) is 61.4. The minimum Gasteiger partial charge on any atom is -0.462 e. The van der Waals surface area contributed by atoms with Crippen LogP contribution in [0, 0.1) is 0 Å². The van der Waals surface area contributed by atoms with Gasteiger partial charge in [-0.2, -0.15) is 0 Å². The van der Waals surface area contributed by atoms with E-state index in [4.69, 9.17) is 14.2 Å². The number of unbranched alkanes of at least 4 members (excludes halogenated alkanes) is 34. The molecule has 0 radical (unpaired) electrons. The van der Waals surface area contributed by atoms with Crippen LogP contribution >= 0.6 is 0 Å². The molecule has 1 unspecified atom stereocenters. The van der Waals surface area contributed by atoms with E-state index < -0.39 is 6.10 Å². The first-order valence-electron chi connectivity index (χ1n) is 32.6. The van der Waals surface area contributed by atoms with Crippen molar-refractivity contribution < 1.29 is 28.6 Å². The van der Waals surface area contributed by atoms with Gasteiger partial charge in [0, 0.05) is 19.3 Å². The summed E-state index contributed by atoms with van der Waals surface area (Å²) in [7, 11) is 0. The summed E-state index contributed by atoms with van der Waals surface area (Å²) in [5, 5.41) is 0. The van der Waals surface area contributed by atoms with Crippen molar-refractivity contribution in [1.82, 2.24) is 0 Å². The third-order valence-electron chi connectivity index (χ3n) is 14.2. The van der Waals surface area contributed by atoms with E-state index in [1.54, 1.807) is 0 Å². The van der Waals surface area contributed by atoms with E-state index in [2.05, 4.69) is 106 Å². The highest BCUT2D eigenvalue weighted by molar-refractivity contribution is 5.71. The molecule has 0 aromatic carbocycles. The van der Waals surface area contributed by atoms with Gasteiger partial charge in [-0.25, -0.2) is 0 Å².